The van der Waals surface area contributed by atoms with Crippen LogP contribution >= 0.6 is 11.3 Å². The second-order valence-corrected chi connectivity index (χ2v) is 5.70. The second kappa shape index (κ2) is 6.44. The standard InChI is InChI=1S/C16H14N4OS/c1-2-14-17-10-13(22-14)16(21)20-12-8-18-15(19-9-12)11-6-4-3-5-7-11/h3-10H,2H2,1H3,(H,20,21). The van der Waals surface area contributed by atoms with Gasteiger partial charge in [-0.05, 0) is 6.42 Å². The lowest BCUT2D eigenvalue weighted by atomic mass is 10.2. The average Bonchev–Trinajstić information content (AvgIpc) is 3.06. The first-order chi connectivity index (χ1) is 10.8. The maximum Gasteiger partial charge on any atom is 0.267 e. The summed E-state index contributed by atoms with van der Waals surface area (Å²) in [6.07, 6.45) is 5.63. The van der Waals surface area contributed by atoms with Crippen molar-refractivity contribution in [3.63, 3.8) is 0 Å². The molecule has 0 aliphatic rings. The third-order valence-electron chi connectivity index (χ3n) is 3.02. The quantitative estimate of drug-likeness (QED) is 0.802. The minimum Gasteiger partial charge on any atom is -0.319 e. The van der Waals surface area contributed by atoms with Crippen LogP contribution in [-0.2, 0) is 6.42 Å². The number of carbonyl (C=O) groups excluding carboxylic acids is 1. The van der Waals surface area contributed by atoms with Crippen molar-refractivity contribution in [3.05, 3.63) is 58.8 Å². The fraction of sp³-hybridized carbons (Fsp3) is 0.125. The van der Waals surface area contributed by atoms with Gasteiger partial charge in [-0.25, -0.2) is 15.0 Å². The zero-order chi connectivity index (χ0) is 15.4. The van der Waals surface area contributed by atoms with Gasteiger partial charge in [0, 0.05) is 5.56 Å². The van der Waals surface area contributed by atoms with E-state index < -0.39 is 0 Å². The molecule has 0 bridgehead atoms. The number of hydrogen-bond donors (Lipinski definition) is 1. The SMILES string of the molecule is CCc1ncc(C(=O)Nc2cnc(-c3ccccc3)nc2)s1. The summed E-state index contributed by atoms with van der Waals surface area (Å²) in [6, 6.07) is 9.69. The summed E-state index contributed by atoms with van der Waals surface area (Å²) < 4.78 is 0. The zero-order valence-corrected chi connectivity index (χ0v) is 12.8. The summed E-state index contributed by atoms with van der Waals surface area (Å²) in [5, 5.41) is 3.73. The fourth-order valence-electron chi connectivity index (χ4n) is 1.90. The number of nitrogens with zero attached hydrogens (tertiary/aromatic N) is 3. The highest BCUT2D eigenvalue weighted by Gasteiger charge is 2.10. The Balaban J connectivity index is 1.72. The van der Waals surface area contributed by atoms with Crippen molar-refractivity contribution in [1.29, 1.82) is 0 Å². The molecule has 1 aromatic carbocycles. The maximum absolute atomic E-state index is 12.1. The van der Waals surface area contributed by atoms with E-state index in [4.69, 9.17) is 0 Å². The molecule has 0 unspecified atom stereocenters. The van der Waals surface area contributed by atoms with Crippen molar-refractivity contribution < 1.29 is 4.79 Å². The Hall–Kier alpha value is -2.60. The van der Waals surface area contributed by atoms with Gasteiger partial charge >= 0.3 is 0 Å². The number of aryl methyl sites for hydroxylation is 1. The largest absolute Gasteiger partial charge is 0.319 e. The topological polar surface area (TPSA) is 67.8 Å². The van der Waals surface area contributed by atoms with Gasteiger partial charge in [0.1, 0.15) is 4.88 Å². The van der Waals surface area contributed by atoms with Crippen LogP contribution in [0.2, 0.25) is 0 Å². The predicted octanol–water partition coefficient (Wildman–Crippen LogP) is 3.41. The van der Waals surface area contributed by atoms with Gasteiger partial charge in [0.05, 0.1) is 29.3 Å². The van der Waals surface area contributed by atoms with Crippen LogP contribution in [0.1, 0.15) is 21.6 Å². The first-order valence-electron chi connectivity index (χ1n) is 6.90. The van der Waals surface area contributed by atoms with E-state index in [1.54, 1.807) is 18.6 Å². The van der Waals surface area contributed by atoms with Crippen LogP contribution in [0.3, 0.4) is 0 Å². The summed E-state index contributed by atoms with van der Waals surface area (Å²) >= 11 is 1.40. The first-order valence-corrected chi connectivity index (χ1v) is 7.71. The molecule has 6 heteroatoms. The summed E-state index contributed by atoms with van der Waals surface area (Å²) in [5.41, 5.74) is 1.51. The Morgan fingerprint density at radius 3 is 2.45 bits per heavy atom. The summed E-state index contributed by atoms with van der Waals surface area (Å²) in [5.74, 6) is 0.443. The van der Waals surface area contributed by atoms with Crippen LogP contribution in [-0.4, -0.2) is 20.9 Å². The lowest BCUT2D eigenvalue weighted by molar-refractivity contribution is 0.103. The number of aromatic nitrogens is 3. The van der Waals surface area contributed by atoms with Gasteiger partial charge in [-0.1, -0.05) is 37.3 Å². The van der Waals surface area contributed by atoms with Gasteiger partial charge < -0.3 is 5.32 Å². The van der Waals surface area contributed by atoms with Gasteiger partial charge in [-0.3, -0.25) is 4.79 Å². The molecule has 0 spiro atoms. The molecule has 0 saturated carbocycles. The van der Waals surface area contributed by atoms with E-state index in [-0.39, 0.29) is 5.91 Å². The van der Waals surface area contributed by atoms with Crippen LogP contribution in [0.5, 0.6) is 0 Å². The van der Waals surface area contributed by atoms with Gasteiger partial charge in [0.2, 0.25) is 0 Å². The molecule has 1 N–H and O–H groups in total. The van der Waals surface area contributed by atoms with Crippen LogP contribution in [0.4, 0.5) is 5.69 Å². The summed E-state index contributed by atoms with van der Waals surface area (Å²) in [7, 11) is 0. The number of benzene rings is 1. The van der Waals surface area contributed by atoms with E-state index in [1.807, 2.05) is 37.3 Å². The minimum atomic E-state index is -0.187. The fourth-order valence-corrected chi connectivity index (χ4v) is 2.65. The molecule has 0 fully saturated rings. The number of anilines is 1. The Morgan fingerprint density at radius 2 is 1.82 bits per heavy atom. The van der Waals surface area contributed by atoms with E-state index in [1.165, 1.54) is 11.3 Å². The molecule has 0 aliphatic carbocycles. The van der Waals surface area contributed by atoms with Gasteiger partial charge in [-0.2, -0.15) is 0 Å². The molecule has 1 amide bonds. The molecule has 2 heterocycles. The molecule has 110 valence electrons. The highest BCUT2D eigenvalue weighted by Crippen LogP contribution is 2.17. The zero-order valence-electron chi connectivity index (χ0n) is 12.0. The van der Waals surface area contributed by atoms with E-state index in [0.717, 1.165) is 17.0 Å². The third kappa shape index (κ3) is 3.17. The van der Waals surface area contributed by atoms with Crippen molar-refractivity contribution in [2.24, 2.45) is 0 Å². The average molecular weight is 310 g/mol. The van der Waals surface area contributed by atoms with Gasteiger partial charge in [0.25, 0.3) is 5.91 Å². The normalized spacial score (nSPS) is 10.4. The first kappa shape index (κ1) is 14.3. The lowest BCUT2D eigenvalue weighted by Crippen LogP contribution is -2.10. The highest BCUT2D eigenvalue weighted by molar-refractivity contribution is 7.13. The number of carbonyl (C=O) groups is 1. The van der Waals surface area contributed by atoms with Crippen LogP contribution in [0.25, 0.3) is 11.4 Å². The molecule has 3 aromatic rings. The van der Waals surface area contributed by atoms with Crippen molar-refractivity contribution in [3.8, 4) is 11.4 Å². The Kier molecular flexibility index (Phi) is 4.20. The van der Waals surface area contributed by atoms with E-state index in [0.29, 0.717) is 16.4 Å². The molecular weight excluding hydrogens is 296 g/mol. The second-order valence-electron chi connectivity index (χ2n) is 4.59. The number of hydrogen-bond acceptors (Lipinski definition) is 5. The van der Waals surface area contributed by atoms with Crippen LogP contribution < -0.4 is 5.32 Å². The monoisotopic (exact) mass is 310 g/mol. The Labute approximate surface area is 132 Å². The third-order valence-corrected chi connectivity index (χ3v) is 4.16. The lowest BCUT2D eigenvalue weighted by Gasteiger charge is -2.04. The molecule has 0 aliphatic heterocycles. The summed E-state index contributed by atoms with van der Waals surface area (Å²) in [6.45, 7) is 2.01. The molecule has 2 aromatic heterocycles. The molecule has 0 atom stereocenters. The van der Waals surface area contributed by atoms with Crippen molar-refractivity contribution in [1.82, 2.24) is 15.0 Å². The van der Waals surface area contributed by atoms with Crippen molar-refractivity contribution >= 4 is 22.9 Å². The van der Waals surface area contributed by atoms with Crippen molar-refractivity contribution in [2.75, 3.05) is 5.32 Å². The number of nitrogens with one attached hydrogen (secondary N) is 1. The number of amides is 1. The maximum atomic E-state index is 12.1. The van der Waals surface area contributed by atoms with E-state index in [2.05, 4.69) is 20.3 Å². The molecule has 3 rings (SSSR count). The summed E-state index contributed by atoms with van der Waals surface area (Å²) in [4.78, 5) is 25.4. The number of thiazole rings is 1. The van der Waals surface area contributed by atoms with Gasteiger partial charge in [0.15, 0.2) is 5.82 Å². The molecule has 22 heavy (non-hydrogen) atoms. The van der Waals surface area contributed by atoms with Crippen LogP contribution in [0, 0.1) is 0 Å². The van der Waals surface area contributed by atoms with Gasteiger partial charge in [-0.15, -0.1) is 11.3 Å². The van der Waals surface area contributed by atoms with Crippen LogP contribution in [0.15, 0.2) is 48.9 Å². The van der Waals surface area contributed by atoms with Crippen molar-refractivity contribution in [2.45, 2.75) is 13.3 Å². The molecule has 0 radical (unpaired) electrons. The Bertz CT molecular complexity index is 768. The Morgan fingerprint density at radius 1 is 1.09 bits per heavy atom. The molecule has 0 saturated heterocycles. The number of rotatable bonds is 4. The molecular formula is C16H14N4OS. The van der Waals surface area contributed by atoms with E-state index >= 15 is 0 Å². The smallest absolute Gasteiger partial charge is 0.267 e. The minimum absolute atomic E-state index is 0.187. The highest BCUT2D eigenvalue weighted by atomic mass is 32.1. The predicted molar refractivity (Wildman–Crippen MR) is 86.9 cm³/mol. The molecule has 5 nitrogen and oxygen atoms in total. The van der Waals surface area contributed by atoms with E-state index in [9.17, 15) is 4.79 Å².